The van der Waals surface area contributed by atoms with E-state index < -0.39 is 16.1 Å². The fraction of sp³-hybridized carbons (Fsp3) is 0.538. The van der Waals surface area contributed by atoms with Crippen LogP contribution in [0, 0.1) is 5.82 Å². The van der Waals surface area contributed by atoms with Gasteiger partial charge < -0.3 is 5.32 Å². The third kappa shape index (κ3) is 6.13. The molecule has 0 aliphatic carbocycles. The third-order valence-corrected chi connectivity index (χ3v) is 4.26. The van der Waals surface area contributed by atoms with Gasteiger partial charge in [0.2, 0.25) is 10.0 Å². The SMILES string of the molecule is CCNCCCS(=O)(=O)NC(C)c1cccc(F)c1. The predicted molar refractivity (Wildman–Crippen MR) is 74.9 cm³/mol. The number of rotatable bonds is 8. The summed E-state index contributed by atoms with van der Waals surface area (Å²) in [6.07, 6.45) is 0.555. The van der Waals surface area contributed by atoms with E-state index in [9.17, 15) is 12.8 Å². The van der Waals surface area contributed by atoms with Crippen LogP contribution >= 0.6 is 0 Å². The standard InChI is InChI=1S/C13H21FN2O2S/c1-3-15-8-5-9-19(17,18)16-11(2)12-6-4-7-13(14)10-12/h4,6-7,10-11,15-16H,3,5,8-9H2,1-2H3. The van der Waals surface area contributed by atoms with Crippen LogP contribution in [0.1, 0.15) is 31.9 Å². The Hall–Kier alpha value is -0.980. The van der Waals surface area contributed by atoms with Gasteiger partial charge in [0.15, 0.2) is 0 Å². The maximum Gasteiger partial charge on any atom is 0.212 e. The molecule has 1 aromatic carbocycles. The zero-order valence-electron chi connectivity index (χ0n) is 11.3. The van der Waals surface area contributed by atoms with E-state index >= 15 is 0 Å². The van der Waals surface area contributed by atoms with Crippen LogP contribution in [-0.2, 0) is 10.0 Å². The lowest BCUT2D eigenvalue weighted by Crippen LogP contribution is -2.30. The monoisotopic (exact) mass is 288 g/mol. The van der Waals surface area contributed by atoms with E-state index in [-0.39, 0.29) is 11.6 Å². The van der Waals surface area contributed by atoms with Crippen LogP contribution in [-0.4, -0.2) is 27.3 Å². The Morgan fingerprint density at radius 3 is 2.74 bits per heavy atom. The number of halogens is 1. The molecule has 0 saturated carbocycles. The summed E-state index contributed by atoms with van der Waals surface area (Å²) in [5, 5.41) is 3.07. The Balaban J connectivity index is 2.53. The van der Waals surface area contributed by atoms with Crippen molar-refractivity contribution < 1.29 is 12.8 Å². The van der Waals surface area contributed by atoms with Gasteiger partial charge in [0, 0.05) is 6.04 Å². The van der Waals surface area contributed by atoms with Crippen molar-refractivity contribution in [3.05, 3.63) is 35.6 Å². The van der Waals surface area contributed by atoms with E-state index in [0.29, 0.717) is 18.5 Å². The summed E-state index contributed by atoms with van der Waals surface area (Å²) in [6, 6.07) is 5.52. The van der Waals surface area contributed by atoms with Crippen molar-refractivity contribution >= 4 is 10.0 Å². The fourth-order valence-electron chi connectivity index (χ4n) is 1.74. The molecular formula is C13H21FN2O2S. The number of hydrogen-bond acceptors (Lipinski definition) is 3. The predicted octanol–water partition coefficient (Wildman–Crippen LogP) is 1.81. The van der Waals surface area contributed by atoms with E-state index in [4.69, 9.17) is 0 Å². The first kappa shape index (κ1) is 16.1. The molecule has 0 radical (unpaired) electrons. The van der Waals surface area contributed by atoms with Gasteiger partial charge in [0.25, 0.3) is 0 Å². The summed E-state index contributed by atoms with van der Waals surface area (Å²) in [6.45, 7) is 5.17. The summed E-state index contributed by atoms with van der Waals surface area (Å²) in [7, 11) is -3.33. The number of sulfonamides is 1. The van der Waals surface area contributed by atoms with Crippen LogP contribution < -0.4 is 10.0 Å². The summed E-state index contributed by atoms with van der Waals surface area (Å²) in [4.78, 5) is 0. The smallest absolute Gasteiger partial charge is 0.212 e. The molecule has 0 saturated heterocycles. The van der Waals surface area contributed by atoms with Crippen molar-refractivity contribution in [2.24, 2.45) is 0 Å². The minimum atomic E-state index is -3.33. The number of hydrogen-bond donors (Lipinski definition) is 2. The Morgan fingerprint density at radius 1 is 1.37 bits per heavy atom. The first-order chi connectivity index (χ1) is 8.94. The maximum atomic E-state index is 13.1. The lowest BCUT2D eigenvalue weighted by atomic mass is 10.1. The molecule has 2 N–H and O–H groups in total. The summed E-state index contributed by atoms with van der Waals surface area (Å²) >= 11 is 0. The van der Waals surface area contributed by atoms with E-state index in [0.717, 1.165) is 6.54 Å². The van der Waals surface area contributed by atoms with Gasteiger partial charge in [-0.1, -0.05) is 19.1 Å². The van der Waals surface area contributed by atoms with Crippen LogP contribution in [0.2, 0.25) is 0 Å². The molecule has 6 heteroatoms. The molecule has 0 bridgehead atoms. The lowest BCUT2D eigenvalue weighted by molar-refractivity contribution is 0.560. The average Bonchev–Trinajstić information content (AvgIpc) is 2.34. The van der Waals surface area contributed by atoms with Gasteiger partial charge in [0.05, 0.1) is 5.75 Å². The number of nitrogens with one attached hydrogen (secondary N) is 2. The molecule has 1 atom stereocenters. The van der Waals surface area contributed by atoms with Crippen molar-refractivity contribution in [1.82, 2.24) is 10.0 Å². The molecule has 0 amide bonds. The van der Waals surface area contributed by atoms with Gasteiger partial charge in [0.1, 0.15) is 5.82 Å². The van der Waals surface area contributed by atoms with Crippen LogP contribution in [0.5, 0.6) is 0 Å². The van der Waals surface area contributed by atoms with E-state index in [1.165, 1.54) is 12.1 Å². The van der Waals surface area contributed by atoms with Crippen LogP contribution in [0.3, 0.4) is 0 Å². The Labute approximate surface area is 114 Å². The van der Waals surface area contributed by atoms with E-state index in [2.05, 4.69) is 10.0 Å². The minimum absolute atomic E-state index is 0.0691. The summed E-state index contributed by atoms with van der Waals surface area (Å²) in [5.41, 5.74) is 0.621. The quantitative estimate of drug-likeness (QED) is 0.717. The lowest BCUT2D eigenvalue weighted by Gasteiger charge is -2.14. The van der Waals surface area contributed by atoms with Crippen molar-refractivity contribution in [3.8, 4) is 0 Å². The van der Waals surface area contributed by atoms with Crippen molar-refractivity contribution in [3.63, 3.8) is 0 Å². The Morgan fingerprint density at radius 2 is 2.11 bits per heavy atom. The highest BCUT2D eigenvalue weighted by atomic mass is 32.2. The molecule has 0 aliphatic rings. The second-order valence-electron chi connectivity index (χ2n) is 4.42. The molecule has 0 spiro atoms. The highest BCUT2D eigenvalue weighted by Crippen LogP contribution is 2.14. The largest absolute Gasteiger partial charge is 0.317 e. The van der Waals surface area contributed by atoms with Crippen molar-refractivity contribution in [2.75, 3.05) is 18.8 Å². The molecular weight excluding hydrogens is 267 g/mol. The van der Waals surface area contributed by atoms with Crippen LogP contribution in [0.4, 0.5) is 4.39 Å². The molecule has 0 fully saturated rings. The van der Waals surface area contributed by atoms with Gasteiger partial charge in [-0.15, -0.1) is 0 Å². The normalized spacial score (nSPS) is 13.4. The van der Waals surface area contributed by atoms with Crippen LogP contribution in [0.15, 0.2) is 24.3 Å². The summed E-state index contributed by atoms with van der Waals surface area (Å²) < 4.78 is 39.3. The van der Waals surface area contributed by atoms with Gasteiger partial charge in [-0.2, -0.15) is 0 Å². The van der Waals surface area contributed by atoms with Crippen molar-refractivity contribution in [2.45, 2.75) is 26.3 Å². The second kappa shape index (κ2) is 7.57. The third-order valence-electron chi connectivity index (χ3n) is 2.72. The average molecular weight is 288 g/mol. The molecule has 1 rings (SSSR count). The molecule has 4 nitrogen and oxygen atoms in total. The molecule has 1 aromatic rings. The van der Waals surface area contributed by atoms with Gasteiger partial charge >= 0.3 is 0 Å². The van der Waals surface area contributed by atoms with Crippen LogP contribution in [0.25, 0.3) is 0 Å². The zero-order chi connectivity index (χ0) is 14.3. The molecule has 1 unspecified atom stereocenters. The second-order valence-corrected chi connectivity index (χ2v) is 6.29. The van der Waals surface area contributed by atoms with Gasteiger partial charge in [-0.3, -0.25) is 0 Å². The Kier molecular flexibility index (Phi) is 6.41. The molecule has 0 aliphatic heterocycles. The molecule has 108 valence electrons. The highest BCUT2D eigenvalue weighted by molar-refractivity contribution is 7.89. The van der Waals surface area contributed by atoms with E-state index in [1.54, 1.807) is 19.1 Å². The zero-order valence-corrected chi connectivity index (χ0v) is 12.1. The minimum Gasteiger partial charge on any atom is -0.317 e. The molecule has 0 heterocycles. The first-order valence-corrected chi connectivity index (χ1v) is 8.06. The highest BCUT2D eigenvalue weighted by Gasteiger charge is 2.15. The summed E-state index contributed by atoms with van der Waals surface area (Å²) in [5.74, 6) is -0.296. The van der Waals surface area contributed by atoms with Crippen molar-refractivity contribution in [1.29, 1.82) is 0 Å². The first-order valence-electron chi connectivity index (χ1n) is 6.41. The van der Waals surface area contributed by atoms with E-state index in [1.807, 2.05) is 6.92 Å². The number of benzene rings is 1. The van der Waals surface area contributed by atoms with Gasteiger partial charge in [-0.05, 0) is 44.1 Å². The topological polar surface area (TPSA) is 58.2 Å². The fourth-order valence-corrected chi connectivity index (χ4v) is 3.05. The molecule has 0 aromatic heterocycles. The van der Waals surface area contributed by atoms with Gasteiger partial charge in [-0.25, -0.2) is 17.5 Å². The molecule has 19 heavy (non-hydrogen) atoms. The Bertz CT molecular complexity index is 491. The maximum absolute atomic E-state index is 13.1.